The number of fused-ring (bicyclic) bond motifs is 2. The maximum Gasteiger partial charge on any atom is 0.416 e. The number of aryl methyl sites for hydroxylation is 2. The number of nitrogens with zero attached hydrogens (tertiary/aromatic N) is 4. The number of halogens is 6. The van der Waals surface area contributed by atoms with E-state index < -0.39 is 58.4 Å². The van der Waals surface area contributed by atoms with Gasteiger partial charge < -0.3 is 40.3 Å². The molecule has 6 N–H and O–H groups in total. The molecule has 0 saturated heterocycles. The number of carbonyl (C=O) groups is 4. The smallest absolute Gasteiger partial charge is 0.416 e. The van der Waals surface area contributed by atoms with Crippen molar-refractivity contribution in [1.82, 2.24) is 19.1 Å². The van der Waals surface area contributed by atoms with Gasteiger partial charge in [-0.25, -0.2) is 19.6 Å². The number of primary amides is 2. The van der Waals surface area contributed by atoms with Crippen LogP contribution in [0.3, 0.4) is 0 Å². The number of nitrogens with two attached hydrogens (primary N) is 2. The molecule has 56 heavy (non-hydrogen) atoms. The molecule has 2 amide bonds. The third kappa shape index (κ3) is 6.64. The van der Waals surface area contributed by atoms with E-state index in [4.69, 9.17) is 20.9 Å². The highest BCUT2D eigenvalue weighted by Gasteiger charge is 2.35. The topological polar surface area (TPSA) is 215 Å². The van der Waals surface area contributed by atoms with Crippen molar-refractivity contribution in [2.45, 2.75) is 25.4 Å². The van der Waals surface area contributed by atoms with Gasteiger partial charge >= 0.3 is 24.3 Å². The Kier molecular flexibility index (Phi) is 9.61. The molecule has 0 bridgehead atoms. The predicted octanol–water partition coefficient (Wildman–Crippen LogP) is 6.07. The number of alkyl halides is 6. The number of hydrogen-bond acceptors (Lipinski definition) is 8. The number of rotatable bonds is 11. The number of aromatic nitrogens is 4. The van der Waals surface area contributed by atoms with Crippen molar-refractivity contribution in [3.05, 3.63) is 94.0 Å². The first-order chi connectivity index (χ1) is 26.3. The second kappa shape index (κ2) is 13.9. The Morgan fingerprint density at radius 3 is 1.25 bits per heavy atom. The highest BCUT2D eigenvalue weighted by atomic mass is 19.4. The molecule has 0 spiro atoms. The molecule has 6 rings (SSSR count). The first-order valence-corrected chi connectivity index (χ1v) is 15.9. The third-order valence-corrected chi connectivity index (χ3v) is 8.87. The number of imidazole rings is 2. The predicted molar refractivity (Wildman–Crippen MR) is 184 cm³/mol. The van der Waals surface area contributed by atoms with Gasteiger partial charge in [0.05, 0.1) is 58.6 Å². The summed E-state index contributed by atoms with van der Waals surface area (Å²) in [6, 6.07) is 9.29. The van der Waals surface area contributed by atoms with Crippen LogP contribution in [-0.2, 0) is 25.4 Å². The zero-order valence-corrected chi connectivity index (χ0v) is 28.7. The van der Waals surface area contributed by atoms with Gasteiger partial charge in [0.2, 0.25) is 0 Å². The number of carbonyl (C=O) groups excluding carboxylic acids is 2. The van der Waals surface area contributed by atoms with Crippen LogP contribution in [0.2, 0.25) is 0 Å². The van der Waals surface area contributed by atoms with Crippen LogP contribution in [0.1, 0.15) is 52.6 Å². The van der Waals surface area contributed by atoms with E-state index in [2.05, 4.69) is 9.97 Å². The minimum absolute atomic E-state index is 0.0468. The summed E-state index contributed by atoms with van der Waals surface area (Å²) in [6.45, 7) is -0.543. The maximum absolute atomic E-state index is 13.7. The molecule has 0 atom stereocenters. The summed E-state index contributed by atoms with van der Waals surface area (Å²) in [5.74, 6) is -6.05. The lowest BCUT2D eigenvalue weighted by molar-refractivity contribution is -0.138. The van der Waals surface area contributed by atoms with E-state index in [1.165, 1.54) is 47.6 Å². The fourth-order valence-electron chi connectivity index (χ4n) is 6.38. The number of aromatic carboxylic acids is 2. The van der Waals surface area contributed by atoms with Crippen LogP contribution in [0.25, 0.3) is 44.8 Å². The minimum atomic E-state index is -4.91. The lowest BCUT2D eigenvalue weighted by Crippen LogP contribution is -2.14. The molecule has 6 aromatic rings. The standard InChI is InChI=1S/C36H26F6N6O8/c1-55-27-19(29(43)49)7-9-23-25(27)45-31(17-5-3-15(35(37,38)39)13-21(17)33(51)52)47(23)11-12-48-24-10-8-20(30(44)50)28(56-2)26(24)46-32(48)18-6-4-16(36(40,41)42)14-22(18)34(53)54/h3-10,13-14H,11-12H2,1-2H3,(H2,43,49)(H2,44,50)(H,51,52)(H,53,54). The fraction of sp³-hybridized carbons (Fsp3) is 0.167. The first-order valence-electron chi connectivity index (χ1n) is 15.9. The molecule has 4 aromatic carbocycles. The van der Waals surface area contributed by atoms with E-state index in [0.717, 1.165) is 12.1 Å². The normalized spacial score (nSPS) is 11.9. The van der Waals surface area contributed by atoms with Crippen molar-refractivity contribution in [3.8, 4) is 34.3 Å². The highest BCUT2D eigenvalue weighted by Crippen LogP contribution is 2.40. The van der Waals surface area contributed by atoms with E-state index >= 15 is 0 Å². The molecule has 2 aromatic heterocycles. The summed E-state index contributed by atoms with van der Waals surface area (Å²) in [4.78, 5) is 58.4. The third-order valence-electron chi connectivity index (χ3n) is 8.87. The van der Waals surface area contributed by atoms with Gasteiger partial charge in [0, 0.05) is 24.2 Å². The number of amides is 2. The van der Waals surface area contributed by atoms with Crippen LogP contribution in [0, 0.1) is 0 Å². The summed E-state index contributed by atoms with van der Waals surface area (Å²) in [5.41, 5.74) is 6.35. The SMILES string of the molecule is COc1c(C(N)=O)ccc2c1nc(-c1ccc(C(F)(F)F)cc1C(=O)O)n2CCn1c(-c2ccc(C(F)(F)F)cc2C(=O)O)nc2c(OC)c(C(N)=O)ccc21. The Bertz CT molecular complexity index is 2450. The van der Waals surface area contributed by atoms with Gasteiger partial charge in [-0.2, -0.15) is 26.3 Å². The molecule has 2 heterocycles. The number of hydrogen-bond donors (Lipinski definition) is 4. The molecule has 0 saturated carbocycles. The summed E-state index contributed by atoms with van der Waals surface area (Å²) in [7, 11) is 2.39. The molecule has 20 heteroatoms. The maximum atomic E-state index is 13.7. The first kappa shape index (κ1) is 38.6. The van der Waals surface area contributed by atoms with E-state index in [9.17, 15) is 55.7 Å². The van der Waals surface area contributed by atoms with Crippen LogP contribution in [0.4, 0.5) is 26.3 Å². The monoisotopic (exact) mass is 784 g/mol. The van der Waals surface area contributed by atoms with Crippen LogP contribution < -0.4 is 20.9 Å². The average Bonchev–Trinajstić information content (AvgIpc) is 3.69. The molecule has 290 valence electrons. The lowest BCUT2D eigenvalue weighted by Gasteiger charge is -2.16. The van der Waals surface area contributed by atoms with E-state index in [0.29, 0.717) is 24.3 Å². The number of carboxylic acids is 2. The molecule has 0 aliphatic rings. The largest absolute Gasteiger partial charge is 0.494 e. The quantitative estimate of drug-likeness (QED) is 0.111. The van der Waals surface area contributed by atoms with Crippen LogP contribution in [-0.4, -0.2) is 67.3 Å². The molecule has 0 radical (unpaired) electrons. The van der Waals surface area contributed by atoms with Crippen molar-refractivity contribution in [2.24, 2.45) is 11.5 Å². The van der Waals surface area contributed by atoms with Crippen molar-refractivity contribution in [1.29, 1.82) is 0 Å². The number of methoxy groups -OCH3 is 2. The highest BCUT2D eigenvalue weighted by molar-refractivity contribution is 6.04. The van der Waals surface area contributed by atoms with Gasteiger partial charge in [0.15, 0.2) is 11.5 Å². The van der Waals surface area contributed by atoms with Crippen LogP contribution in [0.15, 0.2) is 60.7 Å². The Morgan fingerprint density at radius 2 is 0.964 bits per heavy atom. The Morgan fingerprint density at radius 1 is 0.607 bits per heavy atom. The molecular formula is C36H26F6N6O8. The van der Waals surface area contributed by atoms with Gasteiger partial charge in [-0.15, -0.1) is 0 Å². The van der Waals surface area contributed by atoms with E-state index in [1.54, 1.807) is 0 Å². The summed E-state index contributed by atoms with van der Waals surface area (Å²) < 4.78 is 95.7. The van der Waals surface area contributed by atoms with Crippen molar-refractivity contribution in [2.75, 3.05) is 14.2 Å². The second-order valence-electron chi connectivity index (χ2n) is 12.1. The number of carboxylic acid groups (broad SMARTS) is 2. The molecule has 0 aliphatic heterocycles. The number of benzene rings is 4. The van der Waals surface area contributed by atoms with E-state index in [-0.39, 0.29) is 80.6 Å². The van der Waals surface area contributed by atoms with Gasteiger partial charge in [-0.3, -0.25) is 9.59 Å². The molecule has 0 fully saturated rings. The van der Waals surface area contributed by atoms with E-state index in [1.807, 2.05) is 0 Å². The Balaban J connectivity index is 1.64. The summed E-state index contributed by atoms with van der Waals surface area (Å²) >= 11 is 0. The molecule has 0 unspecified atom stereocenters. The minimum Gasteiger partial charge on any atom is -0.494 e. The average molecular weight is 785 g/mol. The van der Waals surface area contributed by atoms with Gasteiger partial charge in [-0.1, -0.05) is 0 Å². The summed E-state index contributed by atoms with van der Waals surface area (Å²) in [6.07, 6.45) is -9.83. The Labute approximate surface area is 309 Å². The lowest BCUT2D eigenvalue weighted by atomic mass is 10.0. The van der Waals surface area contributed by atoms with Crippen molar-refractivity contribution >= 4 is 45.8 Å². The summed E-state index contributed by atoms with van der Waals surface area (Å²) in [5, 5.41) is 20.1. The zero-order chi connectivity index (χ0) is 41.0. The van der Waals surface area contributed by atoms with Crippen LogP contribution in [0.5, 0.6) is 11.5 Å². The number of ether oxygens (including phenoxy) is 2. The molecule has 0 aliphatic carbocycles. The second-order valence-corrected chi connectivity index (χ2v) is 12.1. The van der Waals surface area contributed by atoms with Crippen molar-refractivity contribution in [3.63, 3.8) is 0 Å². The molecule has 14 nitrogen and oxygen atoms in total. The Hall–Kier alpha value is -7.12. The van der Waals surface area contributed by atoms with Crippen LogP contribution >= 0.6 is 0 Å². The zero-order valence-electron chi connectivity index (χ0n) is 28.7. The van der Waals surface area contributed by atoms with Gasteiger partial charge in [0.1, 0.15) is 22.7 Å². The van der Waals surface area contributed by atoms with Crippen molar-refractivity contribution < 1.29 is 65.2 Å². The van der Waals surface area contributed by atoms with Gasteiger partial charge in [-0.05, 0) is 60.7 Å². The molecular weight excluding hydrogens is 758 g/mol. The van der Waals surface area contributed by atoms with Gasteiger partial charge in [0.25, 0.3) is 11.8 Å². The fourth-order valence-corrected chi connectivity index (χ4v) is 6.38.